The van der Waals surface area contributed by atoms with E-state index in [2.05, 4.69) is 10.3 Å². The van der Waals surface area contributed by atoms with Crippen molar-refractivity contribution in [3.63, 3.8) is 0 Å². The van der Waals surface area contributed by atoms with E-state index in [9.17, 15) is 18.7 Å². The number of aliphatic hydroxyl groups is 1. The van der Waals surface area contributed by atoms with Gasteiger partial charge in [0.2, 0.25) is 5.88 Å². The molecular formula is C14H18F2N2O3. The van der Waals surface area contributed by atoms with Crippen molar-refractivity contribution in [1.29, 1.82) is 0 Å². The Morgan fingerprint density at radius 1 is 1.43 bits per heavy atom. The molecule has 1 amide bonds. The smallest absolute Gasteiger partial charge is 0.272 e. The third-order valence-corrected chi connectivity index (χ3v) is 3.39. The van der Waals surface area contributed by atoms with E-state index in [1.54, 1.807) is 6.07 Å². The zero-order chi connectivity index (χ0) is 15.2. The minimum absolute atomic E-state index is 0.0240. The molecular weight excluding hydrogens is 282 g/mol. The van der Waals surface area contributed by atoms with Crippen LogP contribution < -0.4 is 10.1 Å². The second-order valence-electron chi connectivity index (χ2n) is 5.04. The van der Waals surface area contributed by atoms with Gasteiger partial charge in [0.1, 0.15) is 5.56 Å². The van der Waals surface area contributed by atoms with Gasteiger partial charge in [-0.15, -0.1) is 0 Å². The van der Waals surface area contributed by atoms with Crippen LogP contribution >= 0.6 is 0 Å². The molecule has 1 aliphatic rings. The first-order chi connectivity index (χ1) is 10.1. The molecule has 0 saturated heterocycles. The predicted molar refractivity (Wildman–Crippen MR) is 71.5 cm³/mol. The lowest BCUT2D eigenvalue weighted by Crippen LogP contribution is -2.38. The van der Waals surface area contributed by atoms with Gasteiger partial charge in [-0.05, 0) is 37.8 Å². The van der Waals surface area contributed by atoms with Crippen molar-refractivity contribution in [2.75, 3.05) is 6.61 Å². The molecule has 5 nitrogen and oxygen atoms in total. The van der Waals surface area contributed by atoms with Crippen LogP contribution in [0.2, 0.25) is 0 Å². The molecule has 0 aromatic carbocycles. The zero-order valence-electron chi connectivity index (χ0n) is 11.5. The lowest BCUT2D eigenvalue weighted by atomic mass is 9.93. The van der Waals surface area contributed by atoms with Crippen LogP contribution in [0, 0.1) is 0 Å². The SMILES string of the molecule is O=C(NC1CCC(O)CC1)c1cccnc1OCC(F)F. The highest BCUT2D eigenvalue weighted by molar-refractivity contribution is 5.96. The molecule has 116 valence electrons. The number of aliphatic hydroxyl groups excluding tert-OH is 1. The number of alkyl halides is 2. The van der Waals surface area contributed by atoms with E-state index in [0.29, 0.717) is 25.7 Å². The summed E-state index contributed by atoms with van der Waals surface area (Å²) in [7, 11) is 0. The number of carbonyl (C=O) groups excluding carboxylic acids is 1. The van der Waals surface area contributed by atoms with Crippen molar-refractivity contribution in [2.45, 2.75) is 44.3 Å². The highest BCUT2D eigenvalue weighted by atomic mass is 19.3. The molecule has 2 N–H and O–H groups in total. The lowest BCUT2D eigenvalue weighted by molar-refractivity contribution is 0.0760. The first-order valence-electron chi connectivity index (χ1n) is 6.91. The number of hydrogen-bond donors (Lipinski definition) is 2. The predicted octanol–water partition coefficient (Wildman–Crippen LogP) is 1.76. The van der Waals surface area contributed by atoms with Crippen LogP contribution in [-0.4, -0.2) is 41.2 Å². The third kappa shape index (κ3) is 4.63. The van der Waals surface area contributed by atoms with E-state index in [0.717, 1.165) is 0 Å². The zero-order valence-corrected chi connectivity index (χ0v) is 11.5. The molecule has 0 aliphatic heterocycles. The fraction of sp³-hybridized carbons (Fsp3) is 0.571. The lowest BCUT2D eigenvalue weighted by Gasteiger charge is -2.26. The Balaban J connectivity index is 1.98. The van der Waals surface area contributed by atoms with Crippen molar-refractivity contribution < 1.29 is 23.4 Å². The summed E-state index contributed by atoms with van der Waals surface area (Å²) in [6, 6.07) is 3.01. The first kappa shape index (κ1) is 15.6. The van der Waals surface area contributed by atoms with Crippen LogP contribution in [-0.2, 0) is 0 Å². The molecule has 1 aliphatic carbocycles. The average molecular weight is 300 g/mol. The molecule has 0 unspecified atom stereocenters. The van der Waals surface area contributed by atoms with E-state index in [1.807, 2.05) is 0 Å². The summed E-state index contributed by atoms with van der Waals surface area (Å²) in [5.74, 6) is -0.486. The van der Waals surface area contributed by atoms with E-state index < -0.39 is 18.9 Å². The fourth-order valence-electron chi connectivity index (χ4n) is 2.30. The molecule has 7 heteroatoms. The summed E-state index contributed by atoms with van der Waals surface area (Å²) in [4.78, 5) is 16.0. The molecule has 2 rings (SSSR count). The Kier molecular flexibility index (Phi) is 5.44. The second-order valence-corrected chi connectivity index (χ2v) is 5.04. The van der Waals surface area contributed by atoms with E-state index >= 15 is 0 Å². The number of carbonyl (C=O) groups is 1. The van der Waals surface area contributed by atoms with Crippen molar-refractivity contribution >= 4 is 5.91 Å². The largest absolute Gasteiger partial charge is 0.471 e. The van der Waals surface area contributed by atoms with Gasteiger partial charge in [-0.25, -0.2) is 13.8 Å². The summed E-state index contributed by atoms with van der Waals surface area (Å²) in [6.45, 7) is -0.799. The number of amides is 1. The second kappa shape index (κ2) is 7.31. The van der Waals surface area contributed by atoms with Crippen LogP contribution in [0.15, 0.2) is 18.3 Å². The summed E-state index contributed by atoms with van der Waals surface area (Å²) in [5.41, 5.74) is 0.143. The minimum atomic E-state index is -2.62. The molecule has 1 fully saturated rings. The number of halogens is 2. The number of ether oxygens (including phenoxy) is 1. The highest BCUT2D eigenvalue weighted by Gasteiger charge is 2.23. The standard InChI is InChI=1S/C14H18F2N2O3/c15-12(16)8-21-14-11(2-1-7-17-14)13(20)18-9-3-5-10(19)6-4-9/h1-2,7,9-10,12,19H,3-6,8H2,(H,18,20). The monoisotopic (exact) mass is 300 g/mol. The number of rotatable bonds is 5. The average Bonchev–Trinajstić information content (AvgIpc) is 2.47. The van der Waals surface area contributed by atoms with Gasteiger partial charge in [-0.2, -0.15) is 0 Å². The number of hydrogen-bond acceptors (Lipinski definition) is 4. The van der Waals surface area contributed by atoms with E-state index in [4.69, 9.17) is 4.74 Å². The molecule has 1 saturated carbocycles. The first-order valence-corrected chi connectivity index (χ1v) is 6.91. The molecule has 0 atom stereocenters. The molecule has 1 aromatic heterocycles. The maximum atomic E-state index is 12.2. The third-order valence-electron chi connectivity index (χ3n) is 3.39. The van der Waals surface area contributed by atoms with Crippen LogP contribution in [0.25, 0.3) is 0 Å². The molecule has 1 aromatic rings. The molecule has 0 bridgehead atoms. The number of nitrogens with zero attached hydrogens (tertiary/aromatic N) is 1. The summed E-state index contributed by atoms with van der Waals surface area (Å²) in [6.07, 6.45) is 1.14. The van der Waals surface area contributed by atoms with Gasteiger partial charge in [-0.3, -0.25) is 4.79 Å². The van der Waals surface area contributed by atoms with Crippen LogP contribution in [0.5, 0.6) is 5.88 Å². The van der Waals surface area contributed by atoms with Gasteiger partial charge >= 0.3 is 0 Å². The summed E-state index contributed by atoms with van der Waals surface area (Å²) >= 11 is 0. The molecule has 0 spiro atoms. The van der Waals surface area contributed by atoms with Crippen molar-refractivity contribution in [2.24, 2.45) is 0 Å². The quantitative estimate of drug-likeness (QED) is 0.869. The highest BCUT2D eigenvalue weighted by Crippen LogP contribution is 2.20. The Morgan fingerprint density at radius 3 is 2.81 bits per heavy atom. The van der Waals surface area contributed by atoms with Crippen LogP contribution in [0.1, 0.15) is 36.0 Å². The van der Waals surface area contributed by atoms with Gasteiger partial charge in [0.05, 0.1) is 6.10 Å². The van der Waals surface area contributed by atoms with Gasteiger partial charge < -0.3 is 15.2 Å². The van der Waals surface area contributed by atoms with E-state index in [1.165, 1.54) is 12.3 Å². The molecule has 0 radical (unpaired) electrons. The summed E-state index contributed by atoms with van der Waals surface area (Å²) in [5, 5.41) is 12.3. The minimum Gasteiger partial charge on any atom is -0.471 e. The number of nitrogens with one attached hydrogen (secondary N) is 1. The van der Waals surface area contributed by atoms with Gasteiger partial charge in [0.15, 0.2) is 6.61 Å². The van der Waals surface area contributed by atoms with Crippen molar-refractivity contribution in [1.82, 2.24) is 10.3 Å². The normalized spacial score (nSPS) is 22.1. The van der Waals surface area contributed by atoms with Gasteiger partial charge in [0.25, 0.3) is 12.3 Å². The van der Waals surface area contributed by atoms with Crippen molar-refractivity contribution in [3.8, 4) is 5.88 Å². The van der Waals surface area contributed by atoms with Gasteiger partial charge in [0, 0.05) is 12.2 Å². The number of aromatic nitrogens is 1. The van der Waals surface area contributed by atoms with Gasteiger partial charge in [-0.1, -0.05) is 0 Å². The Hall–Kier alpha value is -1.76. The number of pyridine rings is 1. The van der Waals surface area contributed by atoms with Crippen LogP contribution in [0.3, 0.4) is 0 Å². The maximum Gasteiger partial charge on any atom is 0.272 e. The topological polar surface area (TPSA) is 71.5 Å². The molecule has 21 heavy (non-hydrogen) atoms. The summed E-state index contributed by atoms with van der Waals surface area (Å²) < 4.78 is 29.2. The molecule has 1 heterocycles. The van der Waals surface area contributed by atoms with E-state index in [-0.39, 0.29) is 23.6 Å². The Bertz CT molecular complexity index is 477. The fourth-order valence-corrected chi connectivity index (χ4v) is 2.30. The van der Waals surface area contributed by atoms with Crippen LogP contribution in [0.4, 0.5) is 8.78 Å². The maximum absolute atomic E-state index is 12.2. The Morgan fingerprint density at radius 2 is 2.14 bits per heavy atom. The Labute approximate surface area is 121 Å². The van der Waals surface area contributed by atoms with Crippen molar-refractivity contribution in [3.05, 3.63) is 23.9 Å².